The van der Waals surface area contributed by atoms with Gasteiger partial charge in [-0.3, -0.25) is 19.3 Å². The van der Waals surface area contributed by atoms with Gasteiger partial charge in [-0.2, -0.15) is 0 Å². The quantitative estimate of drug-likeness (QED) is 0.280. The van der Waals surface area contributed by atoms with E-state index in [0.717, 1.165) is 58.5 Å². The predicted molar refractivity (Wildman–Crippen MR) is 153 cm³/mol. The van der Waals surface area contributed by atoms with Crippen molar-refractivity contribution in [1.82, 2.24) is 14.4 Å². The molecule has 2 aromatic carbocycles. The molecule has 0 N–H and O–H groups in total. The van der Waals surface area contributed by atoms with Crippen LogP contribution in [0.25, 0.3) is 17.0 Å². The Morgan fingerprint density at radius 2 is 1.97 bits per heavy atom. The number of amides is 3. The van der Waals surface area contributed by atoms with Crippen molar-refractivity contribution in [2.45, 2.75) is 45.3 Å². The van der Waals surface area contributed by atoms with Gasteiger partial charge in [-0.25, -0.2) is 0 Å². The minimum absolute atomic E-state index is 0.0633. The molecule has 192 valence electrons. The van der Waals surface area contributed by atoms with E-state index in [4.69, 9.17) is 23.2 Å². The molecule has 3 heterocycles. The zero-order valence-corrected chi connectivity index (χ0v) is 24.0. The van der Waals surface area contributed by atoms with Crippen molar-refractivity contribution in [2.24, 2.45) is 0 Å². The summed E-state index contributed by atoms with van der Waals surface area (Å²) in [5, 5.41) is 1.41. The number of benzene rings is 2. The van der Waals surface area contributed by atoms with Gasteiger partial charge in [0.15, 0.2) is 0 Å². The summed E-state index contributed by atoms with van der Waals surface area (Å²) in [4.78, 5) is 42.6. The van der Waals surface area contributed by atoms with Gasteiger partial charge in [-0.05, 0) is 79.9 Å². The Morgan fingerprint density at radius 3 is 2.73 bits per heavy atom. The first-order chi connectivity index (χ1) is 17.7. The van der Waals surface area contributed by atoms with Crippen LogP contribution in [0.2, 0.25) is 10.0 Å². The lowest BCUT2D eigenvalue weighted by atomic mass is 10.0. The number of rotatable bonds is 5. The number of thioether (sulfide) groups is 1. The van der Waals surface area contributed by atoms with Gasteiger partial charge in [-0.15, -0.1) is 0 Å². The summed E-state index contributed by atoms with van der Waals surface area (Å²) in [6, 6.07) is 11.1. The van der Waals surface area contributed by atoms with Crippen molar-refractivity contribution in [3.05, 3.63) is 73.1 Å². The molecule has 1 atom stereocenters. The highest BCUT2D eigenvalue weighted by Crippen LogP contribution is 2.36. The van der Waals surface area contributed by atoms with Gasteiger partial charge < -0.3 is 9.47 Å². The van der Waals surface area contributed by atoms with Gasteiger partial charge in [0.05, 0.1) is 11.4 Å². The summed E-state index contributed by atoms with van der Waals surface area (Å²) in [6.45, 7) is 3.16. The Bertz CT molecular complexity index is 1450. The van der Waals surface area contributed by atoms with Crippen LogP contribution < -0.4 is 0 Å². The van der Waals surface area contributed by atoms with E-state index in [1.165, 1.54) is 4.90 Å². The maximum atomic E-state index is 13.2. The average molecular weight is 621 g/mol. The van der Waals surface area contributed by atoms with Crippen molar-refractivity contribution in [3.8, 4) is 0 Å². The Morgan fingerprint density at radius 1 is 1.16 bits per heavy atom. The van der Waals surface area contributed by atoms with Crippen molar-refractivity contribution in [3.63, 3.8) is 0 Å². The van der Waals surface area contributed by atoms with Crippen LogP contribution in [-0.4, -0.2) is 44.0 Å². The summed E-state index contributed by atoms with van der Waals surface area (Å²) < 4.78 is 2.81. The van der Waals surface area contributed by atoms with E-state index in [-0.39, 0.29) is 36.2 Å². The van der Waals surface area contributed by atoms with E-state index in [2.05, 4.69) is 22.9 Å². The number of carbonyl (C=O) groups is 3. The van der Waals surface area contributed by atoms with Crippen LogP contribution >= 0.6 is 50.9 Å². The molecular weight excluding hydrogens is 597 g/mol. The molecule has 0 bridgehead atoms. The van der Waals surface area contributed by atoms with Crippen molar-refractivity contribution in [1.29, 1.82) is 0 Å². The van der Waals surface area contributed by atoms with E-state index in [1.54, 1.807) is 24.3 Å². The van der Waals surface area contributed by atoms with Crippen LogP contribution in [0.5, 0.6) is 0 Å². The molecule has 1 aromatic heterocycles. The van der Waals surface area contributed by atoms with Crippen LogP contribution in [0.3, 0.4) is 0 Å². The fourth-order valence-electron chi connectivity index (χ4n) is 4.85. The zero-order chi connectivity index (χ0) is 26.3. The number of aromatic nitrogens is 1. The lowest BCUT2D eigenvalue weighted by Gasteiger charge is -2.33. The standard InChI is InChI=1S/C27H24BrCl2N3O3S/c1-16-4-2-3-9-32(16)25(34)15-31-13-18(21-11-19(28)6-8-23(21)31)10-24-26(35)33(27(36)37-24)14-17-5-7-20(29)12-22(17)30/h5-8,10-13,16H,2-4,9,14-15H2,1H3/b24-10-/t16-/m1/s1. The van der Waals surface area contributed by atoms with E-state index >= 15 is 0 Å². The van der Waals surface area contributed by atoms with Crippen LogP contribution in [0.4, 0.5) is 4.79 Å². The van der Waals surface area contributed by atoms with Gasteiger partial charge in [0.1, 0.15) is 6.54 Å². The summed E-state index contributed by atoms with van der Waals surface area (Å²) >= 11 is 16.7. The van der Waals surface area contributed by atoms with Crippen molar-refractivity contribution >= 4 is 84.9 Å². The molecule has 6 nitrogen and oxygen atoms in total. The predicted octanol–water partition coefficient (Wildman–Crippen LogP) is 7.35. The van der Waals surface area contributed by atoms with E-state index in [1.807, 2.05) is 33.9 Å². The van der Waals surface area contributed by atoms with Gasteiger partial charge in [0.2, 0.25) is 5.91 Å². The number of piperidine rings is 1. The average Bonchev–Trinajstić information content (AvgIpc) is 3.31. The zero-order valence-electron chi connectivity index (χ0n) is 20.0. The first kappa shape index (κ1) is 26.4. The van der Waals surface area contributed by atoms with Crippen molar-refractivity contribution < 1.29 is 14.4 Å². The number of likely N-dealkylation sites (tertiary alicyclic amines) is 1. The van der Waals surface area contributed by atoms with Crippen LogP contribution in [0.15, 0.2) is 52.0 Å². The monoisotopic (exact) mass is 619 g/mol. The molecule has 0 aliphatic carbocycles. The fourth-order valence-corrected chi connectivity index (χ4v) is 6.50. The number of hydrogen-bond acceptors (Lipinski definition) is 4. The summed E-state index contributed by atoms with van der Waals surface area (Å²) in [5.41, 5.74) is 2.30. The van der Waals surface area contributed by atoms with Crippen LogP contribution in [-0.2, 0) is 22.7 Å². The molecule has 2 saturated heterocycles. The second-order valence-corrected chi connectivity index (χ2v) is 12.1. The Hall–Kier alpha value is -2.26. The van der Waals surface area contributed by atoms with E-state index in [0.29, 0.717) is 20.5 Å². The maximum Gasteiger partial charge on any atom is 0.293 e. The molecule has 5 rings (SSSR count). The first-order valence-corrected chi connectivity index (χ1v) is 14.3. The van der Waals surface area contributed by atoms with Crippen LogP contribution in [0, 0.1) is 0 Å². The highest BCUT2D eigenvalue weighted by Gasteiger charge is 2.35. The van der Waals surface area contributed by atoms with E-state index in [9.17, 15) is 14.4 Å². The third-order valence-electron chi connectivity index (χ3n) is 6.81. The van der Waals surface area contributed by atoms with Gasteiger partial charge in [0.25, 0.3) is 11.1 Å². The number of carbonyl (C=O) groups excluding carboxylic acids is 3. The third kappa shape index (κ3) is 5.48. The smallest absolute Gasteiger partial charge is 0.293 e. The molecule has 2 aliphatic rings. The number of fused-ring (bicyclic) bond motifs is 1. The largest absolute Gasteiger partial charge is 0.338 e. The molecule has 0 radical (unpaired) electrons. The molecule has 0 unspecified atom stereocenters. The summed E-state index contributed by atoms with van der Waals surface area (Å²) in [7, 11) is 0. The fraction of sp³-hybridized carbons (Fsp3) is 0.296. The minimum Gasteiger partial charge on any atom is -0.338 e. The lowest BCUT2D eigenvalue weighted by Crippen LogP contribution is -2.43. The normalized spacial score (nSPS) is 19.5. The number of hydrogen-bond donors (Lipinski definition) is 0. The number of imide groups is 1. The second kappa shape index (κ2) is 10.8. The SMILES string of the molecule is C[C@@H]1CCCCN1C(=O)Cn1cc(/C=C2\SC(=O)N(Cc3ccc(Cl)cc3Cl)C2=O)c2cc(Br)ccc21. The van der Waals surface area contributed by atoms with Gasteiger partial charge in [-0.1, -0.05) is 45.2 Å². The molecular formula is C27H24BrCl2N3O3S. The Balaban J connectivity index is 1.44. The lowest BCUT2D eigenvalue weighted by molar-refractivity contribution is -0.135. The summed E-state index contributed by atoms with van der Waals surface area (Å²) in [6.07, 6.45) is 6.81. The van der Waals surface area contributed by atoms with Gasteiger partial charge >= 0.3 is 0 Å². The van der Waals surface area contributed by atoms with E-state index < -0.39 is 0 Å². The second-order valence-electron chi connectivity index (χ2n) is 9.31. The highest BCUT2D eigenvalue weighted by atomic mass is 79.9. The topological polar surface area (TPSA) is 62.6 Å². The molecule has 0 saturated carbocycles. The molecule has 37 heavy (non-hydrogen) atoms. The molecule has 3 amide bonds. The molecule has 2 aliphatic heterocycles. The maximum absolute atomic E-state index is 13.2. The molecule has 3 aromatic rings. The third-order valence-corrected chi connectivity index (χ3v) is 8.79. The molecule has 2 fully saturated rings. The molecule has 0 spiro atoms. The Labute approximate surface area is 237 Å². The van der Waals surface area contributed by atoms with Crippen LogP contribution in [0.1, 0.15) is 37.3 Å². The minimum atomic E-state index is -0.380. The van der Waals surface area contributed by atoms with Gasteiger partial charge in [0, 0.05) is 49.8 Å². The number of nitrogens with zero attached hydrogens (tertiary/aromatic N) is 3. The first-order valence-electron chi connectivity index (χ1n) is 12.0. The van der Waals surface area contributed by atoms with Crippen molar-refractivity contribution in [2.75, 3.05) is 6.54 Å². The number of halogens is 3. The Kier molecular flexibility index (Phi) is 7.73. The summed E-state index contributed by atoms with van der Waals surface area (Å²) in [5.74, 6) is -0.297. The molecule has 10 heteroatoms. The highest BCUT2D eigenvalue weighted by molar-refractivity contribution is 9.10.